The summed E-state index contributed by atoms with van der Waals surface area (Å²) >= 11 is 0. The van der Waals surface area contributed by atoms with Crippen molar-refractivity contribution in [3.8, 4) is 11.1 Å². The first-order valence-corrected chi connectivity index (χ1v) is 6.26. The second-order valence-corrected chi connectivity index (χ2v) is 4.64. The van der Waals surface area contributed by atoms with Crippen LogP contribution in [0.5, 0.6) is 0 Å². The number of nitrogens with one attached hydrogen (secondary N) is 2. The van der Waals surface area contributed by atoms with Gasteiger partial charge in [-0.15, -0.1) is 0 Å². The third-order valence-electron chi connectivity index (χ3n) is 3.11. The number of carbonyl (C=O) groups excluding carboxylic acids is 1. The monoisotopic (exact) mass is 287 g/mol. The Morgan fingerprint density at radius 3 is 2.52 bits per heavy atom. The molecule has 6 heteroatoms. The molecule has 4 nitrogen and oxygen atoms in total. The van der Waals surface area contributed by atoms with Crippen molar-refractivity contribution < 1.29 is 13.6 Å². The highest BCUT2D eigenvalue weighted by molar-refractivity contribution is 5.99. The van der Waals surface area contributed by atoms with E-state index >= 15 is 0 Å². The number of aromatic nitrogens is 2. The van der Waals surface area contributed by atoms with E-state index in [1.54, 1.807) is 18.2 Å². The van der Waals surface area contributed by atoms with Crippen LogP contribution in [-0.4, -0.2) is 16.1 Å². The molecule has 0 aliphatic carbocycles. The summed E-state index contributed by atoms with van der Waals surface area (Å²) in [4.78, 5) is 11.1. The molecule has 2 aromatic carbocycles. The van der Waals surface area contributed by atoms with Gasteiger partial charge in [0.25, 0.3) is 0 Å². The Labute approximate surface area is 118 Å². The van der Waals surface area contributed by atoms with Gasteiger partial charge < -0.3 is 5.32 Å². The Bertz CT molecular complexity index is 842. The van der Waals surface area contributed by atoms with E-state index in [2.05, 4.69) is 15.5 Å². The molecule has 0 saturated carbocycles. The van der Waals surface area contributed by atoms with Gasteiger partial charge in [0.05, 0.1) is 5.52 Å². The van der Waals surface area contributed by atoms with Crippen LogP contribution in [0.3, 0.4) is 0 Å². The molecule has 3 aromatic rings. The summed E-state index contributed by atoms with van der Waals surface area (Å²) in [5.41, 5.74) is 1.98. The summed E-state index contributed by atoms with van der Waals surface area (Å²) in [5.74, 6) is -1.55. The number of carbonyl (C=O) groups is 1. The molecule has 0 fully saturated rings. The van der Waals surface area contributed by atoms with Crippen molar-refractivity contribution in [2.75, 3.05) is 5.32 Å². The SMILES string of the molecule is CC(=O)Nc1n[nH]c2cc(-c3ccc(F)c(F)c3)ccc12. The first-order chi connectivity index (χ1) is 10.0. The Balaban J connectivity index is 2.05. The van der Waals surface area contributed by atoms with Crippen LogP contribution in [0.25, 0.3) is 22.0 Å². The first-order valence-electron chi connectivity index (χ1n) is 6.26. The van der Waals surface area contributed by atoms with Crippen LogP contribution in [-0.2, 0) is 4.79 Å². The third kappa shape index (κ3) is 2.47. The minimum atomic E-state index is -0.892. The highest BCUT2D eigenvalue weighted by Gasteiger charge is 2.09. The Kier molecular flexibility index (Phi) is 3.13. The van der Waals surface area contributed by atoms with Gasteiger partial charge in [0, 0.05) is 12.3 Å². The Morgan fingerprint density at radius 1 is 1.10 bits per heavy atom. The summed E-state index contributed by atoms with van der Waals surface area (Å²) in [6.07, 6.45) is 0. The molecule has 0 spiro atoms. The van der Waals surface area contributed by atoms with E-state index in [1.165, 1.54) is 13.0 Å². The van der Waals surface area contributed by atoms with E-state index in [9.17, 15) is 13.6 Å². The number of benzene rings is 2. The van der Waals surface area contributed by atoms with Crippen molar-refractivity contribution in [1.82, 2.24) is 10.2 Å². The fraction of sp³-hybridized carbons (Fsp3) is 0.0667. The molecule has 2 N–H and O–H groups in total. The normalized spacial score (nSPS) is 10.8. The molecule has 21 heavy (non-hydrogen) atoms. The minimum Gasteiger partial charge on any atom is -0.309 e. The second-order valence-electron chi connectivity index (χ2n) is 4.64. The van der Waals surface area contributed by atoms with E-state index in [-0.39, 0.29) is 5.91 Å². The van der Waals surface area contributed by atoms with Crippen molar-refractivity contribution in [2.45, 2.75) is 6.92 Å². The van der Waals surface area contributed by atoms with Crippen molar-refractivity contribution in [2.24, 2.45) is 0 Å². The van der Waals surface area contributed by atoms with Crippen LogP contribution in [0, 0.1) is 11.6 Å². The molecule has 1 aromatic heterocycles. The van der Waals surface area contributed by atoms with Gasteiger partial charge in [0.15, 0.2) is 17.5 Å². The predicted molar refractivity (Wildman–Crippen MR) is 75.7 cm³/mol. The molecular weight excluding hydrogens is 276 g/mol. The fourth-order valence-corrected chi connectivity index (χ4v) is 2.14. The number of hydrogen-bond donors (Lipinski definition) is 2. The first kappa shape index (κ1) is 13.2. The minimum absolute atomic E-state index is 0.215. The lowest BCUT2D eigenvalue weighted by atomic mass is 10.0. The number of hydrogen-bond acceptors (Lipinski definition) is 2. The topological polar surface area (TPSA) is 57.8 Å². The smallest absolute Gasteiger partial charge is 0.222 e. The third-order valence-corrected chi connectivity index (χ3v) is 3.11. The van der Waals surface area contributed by atoms with Crippen molar-refractivity contribution >= 4 is 22.6 Å². The number of aromatic amines is 1. The molecule has 0 saturated heterocycles. The summed E-state index contributed by atoms with van der Waals surface area (Å²) in [6.45, 7) is 1.40. The van der Waals surface area contributed by atoms with Crippen molar-refractivity contribution in [1.29, 1.82) is 0 Å². The van der Waals surface area contributed by atoms with Gasteiger partial charge in [-0.3, -0.25) is 9.89 Å². The average Bonchev–Trinajstić information content (AvgIpc) is 2.83. The zero-order valence-electron chi connectivity index (χ0n) is 11.1. The lowest BCUT2D eigenvalue weighted by Crippen LogP contribution is -2.06. The summed E-state index contributed by atoms with van der Waals surface area (Å²) in [5, 5.41) is 10.2. The zero-order chi connectivity index (χ0) is 15.0. The van der Waals surface area contributed by atoms with Crippen LogP contribution < -0.4 is 5.32 Å². The van der Waals surface area contributed by atoms with Gasteiger partial charge in [-0.2, -0.15) is 5.10 Å². The molecule has 0 radical (unpaired) electrons. The fourth-order valence-electron chi connectivity index (χ4n) is 2.14. The number of fused-ring (bicyclic) bond motifs is 1. The zero-order valence-corrected chi connectivity index (χ0v) is 11.1. The van der Waals surface area contributed by atoms with Gasteiger partial charge in [0.1, 0.15) is 0 Å². The van der Waals surface area contributed by atoms with Crippen LogP contribution >= 0.6 is 0 Å². The molecule has 0 unspecified atom stereocenters. The largest absolute Gasteiger partial charge is 0.309 e. The van der Waals surface area contributed by atoms with Gasteiger partial charge in [0.2, 0.25) is 5.91 Å². The molecule has 0 aliphatic rings. The number of amides is 1. The highest BCUT2D eigenvalue weighted by Crippen LogP contribution is 2.27. The summed E-state index contributed by atoms with van der Waals surface area (Å²) in [7, 11) is 0. The van der Waals surface area contributed by atoms with Crippen LogP contribution in [0.4, 0.5) is 14.6 Å². The Morgan fingerprint density at radius 2 is 1.81 bits per heavy atom. The molecule has 0 aliphatic heterocycles. The van der Waals surface area contributed by atoms with E-state index in [0.29, 0.717) is 16.9 Å². The molecule has 0 bridgehead atoms. The average molecular weight is 287 g/mol. The van der Waals surface area contributed by atoms with E-state index in [4.69, 9.17) is 0 Å². The van der Waals surface area contributed by atoms with Crippen LogP contribution in [0.1, 0.15) is 6.92 Å². The lowest BCUT2D eigenvalue weighted by molar-refractivity contribution is -0.114. The number of H-pyrrole nitrogens is 1. The maximum Gasteiger partial charge on any atom is 0.222 e. The lowest BCUT2D eigenvalue weighted by Gasteiger charge is -2.03. The molecule has 0 atom stereocenters. The van der Waals surface area contributed by atoms with E-state index < -0.39 is 11.6 Å². The van der Waals surface area contributed by atoms with Gasteiger partial charge >= 0.3 is 0 Å². The quantitative estimate of drug-likeness (QED) is 0.758. The summed E-state index contributed by atoms with van der Waals surface area (Å²) in [6, 6.07) is 9.02. The summed E-state index contributed by atoms with van der Waals surface area (Å²) < 4.78 is 26.2. The standard InChI is InChI=1S/C15H11F2N3O/c1-8(21)18-15-11-4-2-10(7-14(11)19-20-15)9-3-5-12(16)13(17)6-9/h2-7H,1H3,(H2,18,19,20,21). The van der Waals surface area contributed by atoms with Gasteiger partial charge in [-0.25, -0.2) is 8.78 Å². The van der Waals surface area contributed by atoms with E-state index in [1.807, 2.05) is 0 Å². The van der Waals surface area contributed by atoms with Crippen LogP contribution in [0.15, 0.2) is 36.4 Å². The molecule has 1 amide bonds. The molecule has 3 rings (SSSR count). The number of anilines is 1. The molecule has 106 valence electrons. The maximum atomic E-state index is 13.3. The number of nitrogens with zero attached hydrogens (tertiary/aromatic N) is 1. The molecule has 1 heterocycles. The van der Waals surface area contributed by atoms with Crippen LogP contribution in [0.2, 0.25) is 0 Å². The van der Waals surface area contributed by atoms with Gasteiger partial charge in [-0.05, 0) is 35.4 Å². The highest BCUT2D eigenvalue weighted by atomic mass is 19.2. The predicted octanol–water partition coefficient (Wildman–Crippen LogP) is 3.47. The van der Waals surface area contributed by atoms with Crippen molar-refractivity contribution in [3.05, 3.63) is 48.0 Å². The van der Waals surface area contributed by atoms with Crippen molar-refractivity contribution in [3.63, 3.8) is 0 Å². The number of halogens is 2. The Hall–Kier alpha value is -2.76. The maximum absolute atomic E-state index is 13.3. The van der Waals surface area contributed by atoms with Gasteiger partial charge in [-0.1, -0.05) is 12.1 Å². The number of rotatable bonds is 2. The molecular formula is C15H11F2N3O. The van der Waals surface area contributed by atoms with E-state index in [0.717, 1.165) is 23.1 Å². The second kappa shape index (κ2) is 4.97.